The van der Waals surface area contributed by atoms with E-state index >= 15 is 0 Å². The van der Waals surface area contributed by atoms with Gasteiger partial charge in [0.2, 0.25) is 0 Å². The van der Waals surface area contributed by atoms with E-state index < -0.39 is 9.76 Å². The Balaban J connectivity index is 2.88. The van der Waals surface area contributed by atoms with E-state index in [2.05, 4.69) is 67.2 Å². The molecule has 0 spiro atoms. The highest BCUT2D eigenvalue weighted by Crippen LogP contribution is 2.39. The van der Waals surface area contributed by atoms with Crippen LogP contribution in [0, 0.1) is 0 Å². The molecule has 0 bridgehead atoms. The first kappa shape index (κ1) is 16.3. The van der Waals surface area contributed by atoms with Crippen LogP contribution in [0.4, 0.5) is 0 Å². The molecular weight excluding hydrogens is 276 g/mol. The Kier molecular flexibility index (Phi) is 5.15. The van der Waals surface area contributed by atoms with Gasteiger partial charge in [-0.2, -0.15) is 0 Å². The van der Waals surface area contributed by atoms with Crippen molar-refractivity contribution in [1.29, 1.82) is 0 Å². The lowest BCUT2D eigenvalue weighted by Crippen LogP contribution is -2.26. The van der Waals surface area contributed by atoms with Gasteiger partial charge in [0.15, 0.2) is 9.76 Å². The van der Waals surface area contributed by atoms with Crippen LogP contribution in [-0.2, 0) is 10.0 Å². The van der Waals surface area contributed by atoms with Gasteiger partial charge in [-0.1, -0.05) is 34.6 Å². The summed E-state index contributed by atoms with van der Waals surface area (Å²) >= 11 is 6.43. The molecule has 0 aliphatic carbocycles. The molecule has 0 aliphatic rings. The summed E-state index contributed by atoms with van der Waals surface area (Å²) in [5.74, 6) is 0.534. The predicted molar refractivity (Wildman–Crippen MR) is 88.0 cm³/mol. The molecule has 0 radical (unpaired) electrons. The van der Waals surface area contributed by atoms with E-state index in [4.69, 9.17) is 4.43 Å². The molecule has 0 aromatic carbocycles. The van der Waals surface area contributed by atoms with Crippen LogP contribution in [-0.4, -0.2) is 9.76 Å². The van der Waals surface area contributed by atoms with E-state index in [0.29, 0.717) is 11.0 Å². The second kappa shape index (κ2) is 5.69. The zero-order valence-electron chi connectivity index (χ0n) is 12.6. The van der Waals surface area contributed by atoms with Crippen LogP contribution in [0.15, 0.2) is 11.0 Å². The third-order valence-corrected chi connectivity index (χ3v) is 6.72. The first-order valence-corrected chi connectivity index (χ1v) is 9.05. The fourth-order valence-corrected chi connectivity index (χ4v) is 4.36. The fourth-order valence-electron chi connectivity index (χ4n) is 1.57. The number of rotatable bonds is 4. The van der Waals surface area contributed by atoms with E-state index in [1.807, 2.05) is 11.3 Å². The molecule has 4 heteroatoms. The molecule has 18 heavy (non-hydrogen) atoms. The molecule has 0 aliphatic heterocycles. The van der Waals surface area contributed by atoms with Crippen LogP contribution >= 0.6 is 24.0 Å². The standard InChI is InChI=1S/C14H26OS2Si/c1-9(2)12-10(16)8-11(17-12)14(6,7)15-18-13(3,4)5/h8-9,16H,18H2,1-7H3. The van der Waals surface area contributed by atoms with Crippen molar-refractivity contribution in [3.05, 3.63) is 15.8 Å². The van der Waals surface area contributed by atoms with Gasteiger partial charge in [0.25, 0.3) is 0 Å². The quantitative estimate of drug-likeness (QED) is 0.626. The van der Waals surface area contributed by atoms with Gasteiger partial charge < -0.3 is 4.43 Å². The maximum Gasteiger partial charge on any atom is 0.168 e. The molecule has 0 saturated heterocycles. The maximum atomic E-state index is 6.24. The van der Waals surface area contributed by atoms with Crippen molar-refractivity contribution in [1.82, 2.24) is 0 Å². The Morgan fingerprint density at radius 3 is 2.17 bits per heavy atom. The Hall–Kier alpha value is 0.227. The molecule has 1 rings (SSSR count). The lowest BCUT2D eigenvalue weighted by molar-refractivity contribution is 0.113. The highest BCUT2D eigenvalue weighted by molar-refractivity contribution is 7.80. The maximum absolute atomic E-state index is 6.24. The van der Waals surface area contributed by atoms with Gasteiger partial charge in [0.1, 0.15) is 0 Å². The molecule has 0 N–H and O–H groups in total. The lowest BCUT2D eigenvalue weighted by Gasteiger charge is -2.29. The Labute approximate surface area is 124 Å². The second-order valence-corrected chi connectivity index (χ2v) is 11.1. The van der Waals surface area contributed by atoms with E-state index in [1.54, 1.807) is 0 Å². The Morgan fingerprint density at radius 1 is 1.22 bits per heavy atom. The van der Waals surface area contributed by atoms with Crippen molar-refractivity contribution in [3.63, 3.8) is 0 Å². The molecular formula is C14H26OS2Si. The van der Waals surface area contributed by atoms with Crippen LogP contribution in [0.3, 0.4) is 0 Å². The molecule has 1 nitrogen and oxygen atoms in total. The van der Waals surface area contributed by atoms with E-state index in [1.165, 1.54) is 9.75 Å². The van der Waals surface area contributed by atoms with Gasteiger partial charge in [-0.3, -0.25) is 0 Å². The molecule has 1 heterocycles. The van der Waals surface area contributed by atoms with Crippen LogP contribution < -0.4 is 0 Å². The smallest absolute Gasteiger partial charge is 0.168 e. The molecule has 1 aromatic heterocycles. The second-order valence-electron chi connectivity index (χ2n) is 6.87. The van der Waals surface area contributed by atoms with Crippen molar-refractivity contribution < 1.29 is 4.43 Å². The van der Waals surface area contributed by atoms with Crippen molar-refractivity contribution >= 4 is 33.7 Å². The lowest BCUT2D eigenvalue weighted by atomic mass is 10.1. The Morgan fingerprint density at radius 2 is 1.78 bits per heavy atom. The van der Waals surface area contributed by atoms with Crippen molar-refractivity contribution in [3.8, 4) is 0 Å². The first-order chi connectivity index (χ1) is 8.03. The minimum absolute atomic E-state index is 0.172. The summed E-state index contributed by atoms with van der Waals surface area (Å²) in [5, 5.41) is 0.333. The molecule has 0 fully saturated rings. The summed E-state index contributed by atoms with van der Waals surface area (Å²) in [6.07, 6.45) is 0. The van der Waals surface area contributed by atoms with Crippen LogP contribution in [0.25, 0.3) is 0 Å². The van der Waals surface area contributed by atoms with Crippen molar-refractivity contribution in [2.45, 2.75) is 69.9 Å². The van der Waals surface area contributed by atoms with Gasteiger partial charge in [-0.25, -0.2) is 0 Å². The molecule has 0 unspecified atom stereocenters. The van der Waals surface area contributed by atoms with Gasteiger partial charge in [-0.15, -0.1) is 24.0 Å². The van der Waals surface area contributed by atoms with Gasteiger partial charge in [0, 0.05) is 14.6 Å². The first-order valence-electron chi connectivity index (χ1n) is 6.50. The molecule has 0 atom stereocenters. The summed E-state index contributed by atoms with van der Waals surface area (Å²) in [6.45, 7) is 15.6. The van der Waals surface area contributed by atoms with Crippen LogP contribution in [0.1, 0.15) is 64.1 Å². The number of thiol groups is 1. The summed E-state index contributed by atoms with van der Waals surface area (Å²) in [7, 11) is -0.539. The van der Waals surface area contributed by atoms with E-state index in [0.717, 1.165) is 4.90 Å². The third-order valence-electron chi connectivity index (χ3n) is 2.72. The third kappa shape index (κ3) is 4.40. The molecule has 104 valence electrons. The Bertz CT molecular complexity index is 402. The molecule has 0 saturated carbocycles. The minimum Gasteiger partial charge on any atom is -0.414 e. The summed E-state index contributed by atoms with van der Waals surface area (Å²) in [6, 6.07) is 2.18. The number of hydrogen-bond acceptors (Lipinski definition) is 3. The average molecular weight is 303 g/mol. The molecule has 0 amide bonds. The fraction of sp³-hybridized carbons (Fsp3) is 0.714. The molecule has 1 aromatic rings. The predicted octanol–water partition coefficient (Wildman–Crippen LogP) is 4.71. The van der Waals surface area contributed by atoms with Gasteiger partial charge in [0.05, 0.1) is 5.60 Å². The highest BCUT2D eigenvalue weighted by atomic mass is 32.1. The number of hydrogen-bond donors (Lipinski definition) is 1. The minimum atomic E-state index is -0.539. The summed E-state index contributed by atoms with van der Waals surface area (Å²) < 4.78 is 6.24. The SMILES string of the molecule is CC(C)c1sc(C(C)(C)O[SiH2]C(C)(C)C)cc1S. The van der Waals surface area contributed by atoms with Gasteiger partial charge >= 0.3 is 0 Å². The van der Waals surface area contributed by atoms with E-state index in [9.17, 15) is 0 Å². The number of thiophene rings is 1. The largest absolute Gasteiger partial charge is 0.414 e. The summed E-state index contributed by atoms with van der Waals surface area (Å²) in [4.78, 5) is 3.77. The average Bonchev–Trinajstić information content (AvgIpc) is 2.57. The van der Waals surface area contributed by atoms with E-state index in [-0.39, 0.29) is 5.60 Å². The van der Waals surface area contributed by atoms with Crippen LogP contribution in [0.5, 0.6) is 0 Å². The zero-order valence-corrected chi connectivity index (χ0v) is 15.8. The highest BCUT2D eigenvalue weighted by Gasteiger charge is 2.27. The van der Waals surface area contributed by atoms with Crippen molar-refractivity contribution in [2.75, 3.05) is 0 Å². The topological polar surface area (TPSA) is 9.23 Å². The summed E-state index contributed by atoms with van der Waals surface area (Å²) in [5.41, 5.74) is -0.172. The van der Waals surface area contributed by atoms with Gasteiger partial charge in [-0.05, 0) is 30.9 Å². The van der Waals surface area contributed by atoms with Crippen molar-refractivity contribution in [2.24, 2.45) is 0 Å². The zero-order chi connectivity index (χ0) is 14.1. The normalized spacial score (nSPS) is 14.1. The van der Waals surface area contributed by atoms with Crippen LogP contribution in [0.2, 0.25) is 5.04 Å². The monoisotopic (exact) mass is 302 g/mol.